The fourth-order valence-electron chi connectivity index (χ4n) is 8.77. The summed E-state index contributed by atoms with van der Waals surface area (Å²) in [6.07, 6.45) is 0. The molecule has 0 unspecified atom stereocenters. The van der Waals surface area contributed by atoms with Crippen LogP contribution in [0.1, 0.15) is 0 Å². The Balaban J connectivity index is 1.23. The number of benzene rings is 10. The topological polar surface area (TPSA) is 4.93 Å². The van der Waals surface area contributed by atoms with E-state index in [2.05, 4.69) is 193 Å². The Morgan fingerprint density at radius 2 is 0.843 bits per heavy atom. The maximum Gasteiger partial charge on any atom is 0.0547 e. The first-order valence-electron chi connectivity index (χ1n) is 17.7. The van der Waals surface area contributed by atoms with E-state index < -0.39 is 0 Å². The third-order valence-electron chi connectivity index (χ3n) is 10.9. The summed E-state index contributed by atoms with van der Waals surface area (Å²) < 4.78 is 2.49. The van der Waals surface area contributed by atoms with Gasteiger partial charge in [0.1, 0.15) is 0 Å². The Bertz CT molecular complexity index is 3130. The lowest BCUT2D eigenvalue weighted by Gasteiger charge is -2.20. The molecule has 236 valence electrons. The molecule has 51 heavy (non-hydrogen) atoms. The lowest BCUT2D eigenvalue weighted by molar-refractivity contribution is 1.20. The zero-order chi connectivity index (χ0) is 33.5. The van der Waals surface area contributed by atoms with Crippen LogP contribution in [0.15, 0.2) is 188 Å². The van der Waals surface area contributed by atoms with Crippen molar-refractivity contribution in [1.82, 2.24) is 4.57 Å². The van der Waals surface area contributed by atoms with Crippen LogP contribution in [0.25, 0.3) is 104 Å². The maximum atomic E-state index is 2.49. The summed E-state index contributed by atoms with van der Waals surface area (Å²) in [4.78, 5) is 0. The van der Waals surface area contributed by atoms with Crippen molar-refractivity contribution >= 4 is 75.7 Å². The molecule has 0 aliphatic carbocycles. The van der Waals surface area contributed by atoms with E-state index in [1.54, 1.807) is 0 Å². The van der Waals surface area contributed by atoms with E-state index >= 15 is 0 Å². The molecule has 0 saturated heterocycles. The quantitative estimate of drug-likeness (QED) is 0.169. The minimum atomic E-state index is 1.19. The highest BCUT2D eigenvalue weighted by Gasteiger charge is 2.21. The molecule has 0 bridgehead atoms. The summed E-state index contributed by atoms with van der Waals surface area (Å²) in [6, 6.07) is 69.3. The number of rotatable bonds is 3. The molecule has 11 aromatic rings. The largest absolute Gasteiger partial charge is 0.309 e. The van der Waals surface area contributed by atoms with Gasteiger partial charge in [0.2, 0.25) is 0 Å². The number of aromatic nitrogens is 1. The number of hydrogen-bond acceptors (Lipinski definition) is 0. The van der Waals surface area contributed by atoms with Crippen LogP contribution >= 0.6 is 0 Å². The summed E-state index contributed by atoms with van der Waals surface area (Å²) >= 11 is 0. The first-order valence-corrected chi connectivity index (χ1v) is 17.7. The van der Waals surface area contributed by atoms with E-state index in [9.17, 15) is 0 Å². The van der Waals surface area contributed by atoms with Crippen LogP contribution in [0.5, 0.6) is 0 Å². The number of nitrogens with zero attached hydrogens (tertiary/aromatic N) is 1. The van der Waals surface area contributed by atoms with E-state index in [1.807, 2.05) is 0 Å². The maximum absolute atomic E-state index is 2.49. The van der Waals surface area contributed by atoms with Gasteiger partial charge in [0.05, 0.1) is 16.7 Å². The highest BCUT2D eigenvalue weighted by molar-refractivity contribution is 6.26. The molecule has 1 nitrogen and oxygen atoms in total. The van der Waals surface area contributed by atoms with Crippen molar-refractivity contribution in [3.8, 4) is 27.9 Å². The smallest absolute Gasteiger partial charge is 0.0547 e. The van der Waals surface area contributed by atoms with Crippen molar-refractivity contribution in [3.63, 3.8) is 0 Å². The second-order valence-electron chi connectivity index (χ2n) is 13.6. The van der Waals surface area contributed by atoms with Gasteiger partial charge in [0, 0.05) is 16.2 Å². The predicted octanol–water partition coefficient (Wildman–Crippen LogP) is 13.9. The minimum Gasteiger partial charge on any atom is -0.309 e. The predicted molar refractivity (Wildman–Crippen MR) is 219 cm³/mol. The number of hydrogen-bond donors (Lipinski definition) is 0. The lowest BCUT2D eigenvalue weighted by Crippen LogP contribution is -1.97. The Labute approximate surface area is 295 Å². The molecule has 0 N–H and O–H groups in total. The van der Waals surface area contributed by atoms with Crippen LogP contribution in [0.2, 0.25) is 0 Å². The highest BCUT2D eigenvalue weighted by atomic mass is 15.0. The van der Waals surface area contributed by atoms with Gasteiger partial charge in [0.25, 0.3) is 0 Å². The van der Waals surface area contributed by atoms with E-state index in [0.29, 0.717) is 0 Å². The van der Waals surface area contributed by atoms with Gasteiger partial charge in [-0.25, -0.2) is 0 Å². The standard InChI is InChI=1S/C50H31N/c1-2-14-32(15-3-1)48-38-20-8-10-22-40(38)49(41-23-11-9-21-39(41)48)42-27-29-46(37-19-7-6-18-36(37)42)51-45-25-13-12-24-43(45)50-44-31-34-17-5-4-16-33(34)30-35(44)26-28-47(50)51/h1-31H. The Kier molecular flexibility index (Phi) is 6.02. The first-order chi connectivity index (χ1) is 25.3. The van der Waals surface area contributed by atoms with Gasteiger partial charge >= 0.3 is 0 Å². The van der Waals surface area contributed by atoms with Crippen LogP contribution in [-0.4, -0.2) is 4.57 Å². The molecule has 1 heteroatoms. The Morgan fingerprint density at radius 1 is 0.294 bits per heavy atom. The average molecular weight is 646 g/mol. The third-order valence-corrected chi connectivity index (χ3v) is 10.9. The SMILES string of the molecule is c1ccc(-c2c3ccccc3c(-c3ccc(-n4c5ccccc5c5c6cc7ccccc7cc6ccc54)c4ccccc34)c3ccccc23)cc1. The van der Waals surface area contributed by atoms with Gasteiger partial charge in [-0.15, -0.1) is 0 Å². The molecule has 0 saturated carbocycles. The van der Waals surface area contributed by atoms with Gasteiger partial charge in [-0.05, 0) is 101 Å². The van der Waals surface area contributed by atoms with Crippen molar-refractivity contribution < 1.29 is 0 Å². The van der Waals surface area contributed by atoms with Crippen LogP contribution in [0.3, 0.4) is 0 Å². The van der Waals surface area contributed by atoms with Crippen LogP contribution in [0, 0.1) is 0 Å². The zero-order valence-electron chi connectivity index (χ0n) is 27.8. The van der Waals surface area contributed by atoms with Crippen molar-refractivity contribution in [3.05, 3.63) is 188 Å². The van der Waals surface area contributed by atoms with Crippen LogP contribution in [0.4, 0.5) is 0 Å². The Morgan fingerprint density at radius 3 is 1.55 bits per heavy atom. The summed E-state index contributed by atoms with van der Waals surface area (Å²) in [5.41, 5.74) is 8.69. The van der Waals surface area contributed by atoms with Crippen molar-refractivity contribution in [2.24, 2.45) is 0 Å². The van der Waals surface area contributed by atoms with E-state index in [0.717, 1.165) is 0 Å². The molecule has 0 fully saturated rings. The normalized spacial score (nSPS) is 11.9. The van der Waals surface area contributed by atoms with E-state index in [4.69, 9.17) is 0 Å². The summed E-state index contributed by atoms with van der Waals surface area (Å²) in [5, 5.41) is 15.2. The molecule has 0 atom stereocenters. The number of fused-ring (bicyclic) bond motifs is 9. The summed E-state index contributed by atoms with van der Waals surface area (Å²) in [6.45, 7) is 0. The van der Waals surface area contributed by atoms with E-state index in [1.165, 1.54) is 104 Å². The molecule has 0 radical (unpaired) electrons. The second-order valence-corrected chi connectivity index (χ2v) is 13.6. The molecule has 1 aromatic heterocycles. The second kappa shape index (κ2) is 10.9. The molecule has 10 aromatic carbocycles. The fourth-order valence-corrected chi connectivity index (χ4v) is 8.77. The highest BCUT2D eigenvalue weighted by Crippen LogP contribution is 2.47. The van der Waals surface area contributed by atoms with Crippen molar-refractivity contribution in [2.45, 2.75) is 0 Å². The zero-order valence-corrected chi connectivity index (χ0v) is 27.8. The monoisotopic (exact) mass is 645 g/mol. The van der Waals surface area contributed by atoms with Crippen molar-refractivity contribution in [1.29, 1.82) is 0 Å². The average Bonchev–Trinajstić information content (AvgIpc) is 3.54. The Hall–Kier alpha value is -6.70. The molecule has 0 spiro atoms. The molecule has 0 aliphatic heterocycles. The fraction of sp³-hybridized carbons (Fsp3) is 0. The summed E-state index contributed by atoms with van der Waals surface area (Å²) in [7, 11) is 0. The molecule has 1 heterocycles. The molecule has 0 amide bonds. The van der Waals surface area contributed by atoms with Crippen molar-refractivity contribution in [2.75, 3.05) is 0 Å². The lowest BCUT2D eigenvalue weighted by atomic mass is 9.84. The molecular formula is C50H31N. The molecule has 0 aliphatic rings. The molecule has 11 rings (SSSR count). The van der Waals surface area contributed by atoms with Crippen LogP contribution in [-0.2, 0) is 0 Å². The first kappa shape index (κ1) is 28.2. The number of para-hydroxylation sites is 1. The van der Waals surface area contributed by atoms with E-state index in [-0.39, 0.29) is 0 Å². The van der Waals surface area contributed by atoms with Crippen LogP contribution < -0.4 is 0 Å². The van der Waals surface area contributed by atoms with Gasteiger partial charge in [-0.3, -0.25) is 0 Å². The minimum absolute atomic E-state index is 1.19. The van der Waals surface area contributed by atoms with Gasteiger partial charge < -0.3 is 4.57 Å². The summed E-state index contributed by atoms with van der Waals surface area (Å²) in [5.74, 6) is 0. The van der Waals surface area contributed by atoms with Gasteiger partial charge in [0.15, 0.2) is 0 Å². The van der Waals surface area contributed by atoms with Gasteiger partial charge in [-0.1, -0.05) is 158 Å². The third kappa shape index (κ3) is 4.09. The van der Waals surface area contributed by atoms with Gasteiger partial charge in [-0.2, -0.15) is 0 Å². The molecular weight excluding hydrogens is 615 g/mol.